The molecule has 17 heavy (non-hydrogen) atoms. The zero-order valence-electron chi connectivity index (χ0n) is 9.03. The lowest BCUT2D eigenvalue weighted by molar-refractivity contribution is 0.621. The predicted molar refractivity (Wildman–Crippen MR) is 67.9 cm³/mol. The molecule has 88 valence electrons. The first-order valence-electron chi connectivity index (χ1n) is 5.49. The van der Waals surface area contributed by atoms with Crippen molar-refractivity contribution >= 4 is 27.6 Å². The predicted octanol–water partition coefficient (Wildman–Crippen LogP) is 3.86. The van der Waals surface area contributed by atoms with E-state index in [2.05, 4.69) is 30.8 Å². The van der Waals surface area contributed by atoms with E-state index >= 15 is 0 Å². The highest BCUT2D eigenvalue weighted by molar-refractivity contribution is 9.10. The monoisotopic (exact) mass is 295 g/mol. The fourth-order valence-electron chi connectivity index (χ4n) is 1.76. The quantitative estimate of drug-likeness (QED) is 0.932. The molecule has 0 radical (unpaired) electrons. The van der Waals surface area contributed by atoms with Crippen molar-refractivity contribution in [2.24, 2.45) is 0 Å². The lowest BCUT2D eigenvalue weighted by atomic mass is 10.3. The number of aromatic nitrogens is 2. The second-order valence-corrected chi connectivity index (χ2v) is 5.00. The molecule has 0 spiro atoms. The number of rotatable bonds is 3. The Balaban J connectivity index is 1.85. The van der Waals surface area contributed by atoms with E-state index in [-0.39, 0.29) is 5.82 Å². The summed E-state index contributed by atoms with van der Waals surface area (Å²) in [6.45, 7) is 0. The van der Waals surface area contributed by atoms with Crippen molar-refractivity contribution in [2.75, 3.05) is 5.32 Å². The van der Waals surface area contributed by atoms with Gasteiger partial charge in [0.1, 0.15) is 5.82 Å². The average Bonchev–Trinajstić information content (AvgIpc) is 3.05. The van der Waals surface area contributed by atoms with Gasteiger partial charge in [-0.05, 0) is 47.0 Å². The molecule has 0 amide bonds. The normalized spacial score (nSPS) is 14.9. The Morgan fingerprint density at radius 2 is 2.24 bits per heavy atom. The molecule has 2 aromatic rings. The molecule has 1 heterocycles. The topological polar surface area (TPSA) is 29.9 Å². The Labute approximate surface area is 107 Å². The molecule has 0 aliphatic heterocycles. The molecule has 0 unspecified atom stereocenters. The van der Waals surface area contributed by atoms with Gasteiger partial charge in [-0.2, -0.15) is 0 Å². The van der Waals surface area contributed by atoms with Crippen LogP contribution >= 0.6 is 15.9 Å². The first-order chi connectivity index (χ1) is 8.24. The fraction of sp³-hybridized carbons (Fsp3) is 0.250. The Hall–Kier alpha value is -1.36. The molecule has 0 bridgehead atoms. The number of hydrogen-bond acceptors (Lipinski definition) is 2. The summed E-state index contributed by atoms with van der Waals surface area (Å²) in [6, 6.07) is 5.51. The van der Waals surface area contributed by atoms with Crippen LogP contribution in [0, 0.1) is 5.82 Å². The van der Waals surface area contributed by atoms with E-state index in [1.165, 1.54) is 18.9 Å². The fourth-order valence-corrected chi connectivity index (χ4v) is 2.01. The highest BCUT2D eigenvalue weighted by atomic mass is 79.9. The smallest absolute Gasteiger partial charge is 0.207 e. The molecule has 0 atom stereocenters. The lowest BCUT2D eigenvalue weighted by Gasteiger charge is -2.09. The van der Waals surface area contributed by atoms with Gasteiger partial charge in [0.25, 0.3) is 0 Å². The number of nitrogens with zero attached hydrogens (tertiary/aromatic N) is 2. The van der Waals surface area contributed by atoms with Crippen LogP contribution in [-0.2, 0) is 0 Å². The van der Waals surface area contributed by atoms with Crippen LogP contribution in [0.25, 0.3) is 0 Å². The molecule has 1 saturated carbocycles. The molecule has 1 fully saturated rings. The number of benzene rings is 1. The maximum atomic E-state index is 13.4. The largest absolute Gasteiger partial charge is 0.326 e. The molecular weight excluding hydrogens is 285 g/mol. The molecule has 5 heteroatoms. The summed E-state index contributed by atoms with van der Waals surface area (Å²) in [6.07, 6.45) is 6.10. The Morgan fingerprint density at radius 3 is 2.94 bits per heavy atom. The molecule has 0 saturated heterocycles. The minimum atomic E-state index is -0.278. The van der Waals surface area contributed by atoms with Gasteiger partial charge in [-0.15, -0.1) is 0 Å². The van der Waals surface area contributed by atoms with Crippen molar-refractivity contribution < 1.29 is 4.39 Å². The summed E-state index contributed by atoms with van der Waals surface area (Å²) >= 11 is 3.13. The second kappa shape index (κ2) is 4.14. The molecule has 1 N–H and O–H groups in total. The third-order valence-electron chi connectivity index (χ3n) is 2.78. The van der Waals surface area contributed by atoms with E-state index in [4.69, 9.17) is 0 Å². The molecule has 1 aliphatic carbocycles. The Bertz CT molecular complexity index is 548. The van der Waals surface area contributed by atoms with E-state index in [0.29, 0.717) is 16.2 Å². The summed E-state index contributed by atoms with van der Waals surface area (Å²) in [5.41, 5.74) is 0.707. The number of halogens is 2. The van der Waals surface area contributed by atoms with Gasteiger partial charge >= 0.3 is 0 Å². The molecule has 1 aliphatic rings. The van der Waals surface area contributed by atoms with Crippen LogP contribution in [0.4, 0.5) is 16.0 Å². The van der Waals surface area contributed by atoms with Gasteiger partial charge in [0.2, 0.25) is 5.95 Å². The molecule has 3 nitrogen and oxygen atoms in total. The number of nitrogens with one attached hydrogen (secondary N) is 1. The van der Waals surface area contributed by atoms with Gasteiger partial charge in [-0.3, -0.25) is 0 Å². The van der Waals surface area contributed by atoms with Gasteiger partial charge in [-0.25, -0.2) is 9.37 Å². The summed E-state index contributed by atoms with van der Waals surface area (Å²) in [5.74, 6) is 0.494. The minimum Gasteiger partial charge on any atom is -0.326 e. The van der Waals surface area contributed by atoms with Crippen molar-refractivity contribution in [3.05, 3.63) is 40.9 Å². The molecule has 1 aromatic carbocycles. The summed E-state index contributed by atoms with van der Waals surface area (Å²) in [7, 11) is 0. The van der Waals surface area contributed by atoms with Crippen LogP contribution in [0.2, 0.25) is 0 Å². The first kappa shape index (κ1) is 10.8. The van der Waals surface area contributed by atoms with E-state index in [0.717, 1.165) is 5.95 Å². The van der Waals surface area contributed by atoms with E-state index in [1.54, 1.807) is 12.3 Å². The number of hydrogen-bond donors (Lipinski definition) is 1. The van der Waals surface area contributed by atoms with E-state index < -0.39 is 0 Å². The van der Waals surface area contributed by atoms with Crippen LogP contribution < -0.4 is 5.32 Å². The third-order valence-corrected chi connectivity index (χ3v) is 3.43. The van der Waals surface area contributed by atoms with E-state index in [1.807, 2.05) is 12.3 Å². The van der Waals surface area contributed by atoms with Gasteiger partial charge in [0.05, 0.1) is 4.47 Å². The third kappa shape index (κ3) is 2.20. The van der Waals surface area contributed by atoms with Gasteiger partial charge in [-0.1, -0.05) is 0 Å². The van der Waals surface area contributed by atoms with Crippen LogP contribution in [0.15, 0.2) is 35.1 Å². The molecular formula is C12H11BrFN3. The summed E-state index contributed by atoms with van der Waals surface area (Å²) in [4.78, 5) is 4.24. The van der Waals surface area contributed by atoms with Crippen molar-refractivity contribution in [3.8, 4) is 0 Å². The van der Waals surface area contributed by atoms with Crippen molar-refractivity contribution in [2.45, 2.75) is 18.9 Å². The standard InChI is InChI=1S/C12H11BrFN3/c13-10-4-1-8(7-11(10)14)16-12-15-5-6-17(12)9-2-3-9/h1,4-7,9H,2-3H2,(H,15,16). The zero-order valence-corrected chi connectivity index (χ0v) is 10.6. The first-order valence-corrected chi connectivity index (χ1v) is 6.28. The summed E-state index contributed by atoms with van der Waals surface area (Å²) < 4.78 is 15.9. The lowest BCUT2D eigenvalue weighted by Crippen LogP contribution is -2.01. The Kier molecular flexibility index (Phi) is 2.63. The SMILES string of the molecule is Fc1cc(Nc2nccn2C2CC2)ccc1Br. The highest BCUT2D eigenvalue weighted by Crippen LogP contribution is 2.37. The van der Waals surface area contributed by atoms with Crippen LogP contribution in [-0.4, -0.2) is 9.55 Å². The highest BCUT2D eigenvalue weighted by Gasteiger charge is 2.25. The average molecular weight is 296 g/mol. The van der Waals surface area contributed by atoms with Crippen molar-refractivity contribution in [1.82, 2.24) is 9.55 Å². The van der Waals surface area contributed by atoms with Crippen molar-refractivity contribution in [3.63, 3.8) is 0 Å². The van der Waals surface area contributed by atoms with Crippen molar-refractivity contribution in [1.29, 1.82) is 0 Å². The van der Waals surface area contributed by atoms with Gasteiger partial charge in [0, 0.05) is 24.1 Å². The minimum absolute atomic E-state index is 0.278. The van der Waals surface area contributed by atoms with Crippen LogP contribution in [0.5, 0.6) is 0 Å². The Morgan fingerprint density at radius 1 is 1.41 bits per heavy atom. The van der Waals surface area contributed by atoms with E-state index in [9.17, 15) is 4.39 Å². The maximum absolute atomic E-state index is 13.4. The number of imidazole rings is 1. The maximum Gasteiger partial charge on any atom is 0.207 e. The van der Waals surface area contributed by atoms with Crippen LogP contribution in [0.1, 0.15) is 18.9 Å². The zero-order chi connectivity index (χ0) is 11.8. The van der Waals surface area contributed by atoms with Gasteiger partial charge < -0.3 is 9.88 Å². The summed E-state index contributed by atoms with van der Waals surface area (Å²) in [5, 5.41) is 3.13. The molecule has 1 aromatic heterocycles. The van der Waals surface area contributed by atoms with Gasteiger partial charge in [0.15, 0.2) is 0 Å². The van der Waals surface area contributed by atoms with Crippen LogP contribution in [0.3, 0.4) is 0 Å². The second-order valence-electron chi connectivity index (χ2n) is 4.14. The molecule has 3 rings (SSSR count). The number of anilines is 2.